The van der Waals surface area contributed by atoms with Crippen LogP contribution in [0.25, 0.3) is 0 Å². The lowest BCUT2D eigenvalue weighted by Crippen LogP contribution is -2.24. The van der Waals surface area contributed by atoms with E-state index < -0.39 is 5.97 Å². The molecule has 0 fully saturated rings. The zero-order valence-corrected chi connectivity index (χ0v) is 23.3. The number of hydrogen-bond acceptors (Lipinski definition) is 8. The van der Waals surface area contributed by atoms with Gasteiger partial charge in [-0.05, 0) is 62.4 Å². The summed E-state index contributed by atoms with van der Waals surface area (Å²) in [6, 6.07) is 6.59. The minimum Gasteiger partial charge on any atom is -0.462 e. The molecule has 2 amide bonds. The summed E-state index contributed by atoms with van der Waals surface area (Å²) in [7, 11) is 0. The average molecular weight is 574 g/mol. The maximum Gasteiger partial charge on any atom is 0.341 e. The summed E-state index contributed by atoms with van der Waals surface area (Å²) >= 11 is 8.56. The van der Waals surface area contributed by atoms with Crippen LogP contribution in [0.3, 0.4) is 0 Å². The highest BCUT2D eigenvalue weighted by atomic mass is 35.5. The Morgan fingerprint density at radius 3 is 2.71 bits per heavy atom. The number of aryl methyl sites for hydroxylation is 1. The van der Waals surface area contributed by atoms with Crippen LogP contribution in [0.2, 0.25) is 5.02 Å². The highest BCUT2D eigenvalue weighted by Gasteiger charge is 2.27. The topological polar surface area (TPSA) is 115 Å². The second kappa shape index (κ2) is 13.1. The molecule has 2 heterocycles. The third-order valence-corrected chi connectivity index (χ3v) is 8.28. The maximum absolute atomic E-state index is 12.9. The molecule has 12 heteroatoms. The van der Waals surface area contributed by atoms with Gasteiger partial charge in [0.05, 0.1) is 24.5 Å². The Labute approximate surface area is 234 Å². The Morgan fingerprint density at radius 1 is 1.21 bits per heavy atom. The number of esters is 1. The van der Waals surface area contributed by atoms with Gasteiger partial charge in [-0.1, -0.05) is 29.4 Å². The van der Waals surface area contributed by atoms with E-state index in [1.165, 1.54) is 23.1 Å². The van der Waals surface area contributed by atoms with Crippen LogP contribution >= 0.6 is 34.7 Å². The standard InChI is InChI=1S/C26H28ClN5O4S2/c1-3-13-32-20(14-28-23(34)16-9-11-17(27)12-10-16)30-31-26(32)37-15-21(33)29-24-22(25(35)36-4-2)18-7-5-6-8-19(18)38-24/h3,9-12H,1,4-8,13-15H2,2H3,(H,28,34)(H,29,33). The Balaban J connectivity index is 1.40. The van der Waals surface area contributed by atoms with E-state index in [9.17, 15) is 14.4 Å². The van der Waals surface area contributed by atoms with E-state index in [0.29, 0.717) is 38.7 Å². The summed E-state index contributed by atoms with van der Waals surface area (Å²) < 4.78 is 7.06. The highest BCUT2D eigenvalue weighted by Crippen LogP contribution is 2.38. The number of carbonyl (C=O) groups is 3. The summed E-state index contributed by atoms with van der Waals surface area (Å²) in [6.45, 7) is 6.39. The quantitative estimate of drug-likeness (QED) is 0.190. The van der Waals surface area contributed by atoms with E-state index in [1.807, 2.05) is 0 Å². The first kappa shape index (κ1) is 27.9. The molecule has 0 atom stereocenters. The normalized spacial score (nSPS) is 12.5. The van der Waals surface area contributed by atoms with Gasteiger partial charge < -0.3 is 19.9 Å². The number of halogens is 1. The zero-order valence-electron chi connectivity index (χ0n) is 20.9. The Morgan fingerprint density at radius 2 is 1.97 bits per heavy atom. The molecule has 3 aromatic rings. The lowest BCUT2D eigenvalue weighted by atomic mass is 9.95. The molecule has 1 aliphatic rings. The van der Waals surface area contributed by atoms with Crippen molar-refractivity contribution in [3.05, 3.63) is 69.3 Å². The second-order valence-corrected chi connectivity index (χ2v) is 10.9. The fourth-order valence-corrected chi connectivity index (χ4v) is 6.28. The van der Waals surface area contributed by atoms with Crippen molar-refractivity contribution >= 4 is 57.5 Å². The molecule has 0 aliphatic heterocycles. The van der Waals surface area contributed by atoms with Crippen molar-refractivity contribution in [1.29, 1.82) is 0 Å². The van der Waals surface area contributed by atoms with Gasteiger partial charge in [0.1, 0.15) is 5.00 Å². The van der Waals surface area contributed by atoms with Gasteiger partial charge in [0.15, 0.2) is 11.0 Å². The number of thiophene rings is 1. The second-order valence-electron chi connectivity index (χ2n) is 8.46. The summed E-state index contributed by atoms with van der Waals surface area (Å²) in [6.07, 6.45) is 5.49. The largest absolute Gasteiger partial charge is 0.462 e. The maximum atomic E-state index is 12.9. The highest BCUT2D eigenvalue weighted by molar-refractivity contribution is 7.99. The van der Waals surface area contributed by atoms with Crippen LogP contribution in [0.15, 0.2) is 42.1 Å². The first-order valence-corrected chi connectivity index (χ1v) is 14.4. The van der Waals surface area contributed by atoms with Crippen LogP contribution in [0.4, 0.5) is 5.00 Å². The number of carbonyl (C=O) groups excluding carboxylic acids is 3. The van der Waals surface area contributed by atoms with Crippen molar-refractivity contribution in [3.63, 3.8) is 0 Å². The number of ether oxygens (including phenoxy) is 1. The number of rotatable bonds is 11. The number of fused-ring (bicyclic) bond motifs is 1. The van der Waals surface area contributed by atoms with Crippen LogP contribution in [0, 0.1) is 0 Å². The minimum atomic E-state index is -0.397. The molecule has 1 aromatic carbocycles. The third-order valence-electron chi connectivity index (χ3n) is 5.85. The van der Waals surface area contributed by atoms with Gasteiger partial charge >= 0.3 is 5.97 Å². The molecule has 0 saturated heterocycles. The summed E-state index contributed by atoms with van der Waals surface area (Å²) in [4.78, 5) is 39.1. The van der Waals surface area contributed by atoms with Crippen LogP contribution in [-0.2, 0) is 35.5 Å². The SMILES string of the molecule is C=CCn1c(CNC(=O)c2ccc(Cl)cc2)nnc1SCC(=O)Nc1sc2c(c1C(=O)OCC)CCCC2. The number of thioether (sulfide) groups is 1. The van der Waals surface area contributed by atoms with Crippen molar-refractivity contribution in [3.8, 4) is 0 Å². The Kier molecular flexibility index (Phi) is 9.59. The molecular formula is C26H28ClN5O4S2. The third kappa shape index (κ3) is 6.64. The minimum absolute atomic E-state index is 0.0667. The van der Waals surface area contributed by atoms with E-state index in [4.69, 9.17) is 16.3 Å². The molecule has 2 aromatic heterocycles. The smallest absolute Gasteiger partial charge is 0.341 e. The van der Waals surface area contributed by atoms with Gasteiger partial charge in [0.2, 0.25) is 5.91 Å². The van der Waals surface area contributed by atoms with Gasteiger partial charge in [-0.2, -0.15) is 0 Å². The molecule has 0 saturated carbocycles. The number of benzene rings is 1. The molecule has 9 nitrogen and oxygen atoms in total. The molecule has 0 spiro atoms. The van der Waals surface area contributed by atoms with Gasteiger partial charge in [-0.15, -0.1) is 28.1 Å². The van der Waals surface area contributed by atoms with Gasteiger partial charge in [-0.25, -0.2) is 4.79 Å². The average Bonchev–Trinajstić information content (AvgIpc) is 3.47. The van der Waals surface area contributed by atoms with E-state index in [0.717, 1.165) is 36.1 Å². The van der Waals surface area contributed by atoms with E-state index in [2.05, 4.69) is 27.4 Å². The van der Waals surface area contributed by atoms with Crippen molar-refractivity contribution < 1.29 is 19.1 Å². The molecule has 0 unspecified atom stereocenters. The number of anilines is 1. The molecular weight excluding hydrogens is 546 g/mol. The summed E-state index contributed by atoms with van der Waals surface area (Å²) in [5, 5.41) is 15.8. The van der Waals surface area contributed by atoms with Crippen molar-refractivity contribution in [1.82, 2.24) is 20.1 Å². The van der Waals surface area contributed by atoms with E-state index >= 15 is 0 Å². The lowest BCUT2D eigenvalue weighted by Gasteiger charge is -2.12. The molecule has 38 heavy (non-hydrogen) atoms. The summed E-state index contributed by atoms with van der Waals surface area (Å²) in [5.74, 6) is -0.321. The first-order valence-electron chi connectivity index (χ1n) is 12.2. The van der Waals surface area contributed by atoms with E-state index in [1.54, 1.807) is 41.8 Å². The fraction of sp³-hybridized carbons (Fsp3) is 0.346. The van der Waals surface area contributed by atoms with Crippen LogP contribution in [0.5, 0.6) is 0 Å². The predicted octanol–water partition coefficient (Wildman–Crippen LogP) is 4.90. The van der Waals surface area contributed by atoms with Gasteiger partial charge in [0.25, 0.3) is 5.91 Å². The first-order chi connectivity index (χ1) is 18.4. The van der Waals surface area contributed by atoms with Gasteiger partial charge in [-0.3, -0.25) is 9.59 Å². The molecule has 0 radical (unpaired) electrons. The predicted molar refractivity (Wildman–Crippen MR) is 149 cm³/mol. The zero-order chi connectivity index (χ0) is 27.1. The number of amides is 2. The van der Waals surface area contributed by atoms with Crippen LogP contribution in [0.1, 0.15) is 56.7 Å². The number of aromatic nitrogens is 3. The monoisotopic (exact) mass is 573 g/mol. The van der Waals surface area contributed by atoms with Crippen molar-refractivity contribution in [2.75, 3.05) is 17.7 Å². The summed E-state index contributed by atoms with van der Waals surface area (Å²) in [5.41, 5.74) is 1.96. The van der Waals surface area contributed by atoms with Crippen LogP contribution in [-0.4, -0.2) is 44.9 Å². The molecule has 2 N–H and O–H groups in total. The Bertz CT molecular complexity index is 1340. The fourth-order valence-electron chi connectivity index (χ4n) is 4.10. The van der Waals surface area contributed by atoms with Crippen molar-refractivity contribution in [2.24, 2.45) is 0 Å². The number of nitrogens with one attached hydrogen (secondary N) is 2. The Hall–Kier alpha value is -3.15. The number of allylic oxidation sites excluding steroid dienone is 1. The lowest BCUT2D eigenvalue weighted by molar-refractivity contribution is -0.113. The number of hydrogen-bond donors (Lipinski definition) is 2. The number of nitrogens with zero attached hydrogens (tertiary/aromatic N) is 3. The molecule has 4 rings (SSSR count). The molecule has 1 aliphatic carbocycles. The van der Waals surface area contributed by atoms with Gasteiger partial charge in [0, 0.05) is 22.0 Å². The van der Waals surface area contributed by atoms with E-state index in [-0.39, 0.29) is 30.7 Å². The van der Waals surface area contributed by atoms with Crippen LogP contribution < -0.4 is 10.6 Å². The molecule has 0 bridgehead atoms. The molecule has 200 valence electrons. The van der Waals surface area contributed by atoms with Crippen molar-refractivity contribution in [2.45, 2.75) is 50.9 Å².